The van der Waals surface area contributed by atoms with Gasteiger partial charge >= 0.3 is 0 Å². The first-order valence-corrected chi connectivity index (χ1v) is 5.18. The summed E-state index contributed by atoms with van der Waals surface area (Å²) in [7, 11) is 0. The van der Waals surface area contributed by atoms with Crippen molar-refractivity contribution in [2.24, 2.45) is 0 Å². The van der Waals surface area contributed by atoms with Crippen molar-refractivity contribution in [3.05, 3.63) is 53.7 Å². The van der Waals surface area contributed by atoms with Gasteiger partial charge in [0.2, 0.25) is 0 Å². The monoisotopic (exact) mass is 214 g/mol. The predicted octanol–water partition coefficient (Wildman–Crippen LogP) is 2.63. The molecule has 0 saturated carbocycles. The maximum absolute atomic E-state index is 8.98. The fourth-order valence-electron chi connectivity index (χ4n) is 1.51. The van der Waals surface area contributed by atoms with E-state index in [2.05, 4.69) is 10.3 Å². The third kappa shape index (κ3) is 2.38. The van der Waals surface area contributed by atoms with Crippen LogP contribution in [0.2, 0.25) is 0 Å². The molecule has 0 saturated heterocycles. The number of pyridine rings is 1. The summed E-state index contributed by atoms with van der Waals surface area (Å²) < 4.78 is 0. The van der Waals surface area contributed by atoms with Crippen LogP contribution in [0.3, 0.4) is 0 Å². The summed E-state index contributed by atoms with van der Waals surface area (Å²) in [4.78, 5) is 4.27. The standard InChI is InChI=1S/C13H14N2O/c1-10-7-11(9-16)8-14-13(10)15-12-5-3-2-4-6-12/h2-8,16H,9H2,1H3,(H,14,15). The first kappa shape index (κ1) is 10.6. The van der Waals surface area contributed by atoms with Gasteiger partial charge in [-0.15, -0.1) is 0 Å². The number of benzene rings is 1. The zero-order valence-corrected chi connectivity index (χ0v) is 9.14. The molecule has 0 radical (unpaired) electrons. The van der Waals surface area contributed by atoms with Gasteiger partial charge in [-0.05, 0) is 36.2 Å². The minimum atomic E-state index is 0.0272. The smallest absolute Gasteiger partial charge is 0.133 e. The Bertz CT molecular complexity index is 469. The van der Waals surface area contributed by atoms with Crippen LogP contribution in [0.25, 0.3) is 0 Å². The summed E-state index contributed by atoms with van der Waals surface area (Å²) >= 11 is 0. The molecular weight excluding hydrogens is 200 g/mol. The zero-order chi connectivity index (χ0) is 11.4. The number of rotatable bonds is 3. The van der Waals surface area contributed by atoms with E-state index in [0.29, 0.717) is 0 Å². The molecule has 0 amide bonds. The number of hydrogen-bond acceptors (Lipinski definition) is 3. The van der Waals surface area contributed by atoms with Crippen molar-refractivity contribution >= 4 is 11.5 Å². The van der Waals surface area contributed by atoms with Gasteiger partial charge < -0.3 is 10.4 Å². The average molecular weight is 214 g/mol. The zero-order valence-electron chi connectivity index (χ0n) is 9.14. The van der Waals surface area contributed by atoms with Gasteiger partial charge in [-0.3, -0.25) is 0 Å². The number of anilines is 2. The normalized spacial score (nSPS) is 10.1. The lowest BCUT2D eigenvalue weighted by Crippen LogP contribution is -1.97. The molecule has 2 rings (SSSR count). The molecular formula is C13H14N2O. The molecule has 3 nitrogen and oxygen atoms in total. The van der Waals surface area contributed by atoms with Crippen LogP contribution in [0.15, 0.2) is 42.6 Å². The van der Waals surface area contributed by atoms with Crippen molar-refractivity contribution in [3.63, 3.8) is 0 Å². The number of hydrogen-bond donors (Lipinski definition) is 2. The number of aliphatic hydroxyl groups excluding tert-OH is 1. The highest BCUT2D eigenvalue weighted by molar-refractivity contribution is 5.58. The SMILES string of the molecule is Cc1cc(CO)cnc1Nc1ccccc1. The molecule has 0 aliphatic carbocycles. The Morgan fingerprint density at radius 3 is 2.62 bits per heavy atom. The van der Waals surface area contributed by atoms with E-state index < -0.39 is 0 Å². The summed E-state index contributed by atoms with van der Waals surface area (Å²) in [6.07, 6.45) is 1.68. The molecule has 16 heavy (non-hydrogen) atoms. The first-order chi connectivity index (χ1) is 7.79. The second-order valence-electron chi connectivity index (χ2n) is 3.66. The largest absolute Gasteiger partial charge is 0.392 e. The van der Waals surface area contributed by atoms with E-state index in [0.717, 1.165) is 22.6 Å². The molecule has 1 heterocycles. The summed E-state index contributed by atoms with van der Waals surface area (Å²) in [5.74, 6) is 0.823. The molecule has 2 N–H and O–H groups in total. The van der Waals surface area contributed by atoms with E-state index in [-0.39, 0.29) is 6.61 Å². The van der Waals surface area contributed by atoms with E-state index in [1.807, 2.05) is 43.3 Å². The molecule has 0 unspecified atom stereocenters. The van der Waals surface area contributed by atoms with E-state index >= 15 is 0 Å². The Morgan fingerprint density at radius 1 is 1.25 bits per heavy atom. The van der Waals surface area contributed by atoms with E-state index in [9.17, 15) is 0 Å². The summed E-state index contributed by atoms with van der Waals surface area (Å²) in [5, 5.41) is 12.2. The minimum absolute atomic E-state index is 0.0272. The molecule has 3 heteroatoms. The lowest BCUT2D eigenvalue weighted by Gasteiger charge is -2.09. The van der Waals surface area contributed by atoms with Gasteiger partial charge in [0.15, 0.2) is 0 Å². The van der Waals surface area contributed by atoms with E-state index in [1.165, 1.54) is 0 Å². The average Bonchev–Trinajstić information content (AvgIpc) is 2.33. The Kier molecular flexibility index (Phi) is 3.17. The predicted molar refractivity (Wildman–Crippen MR) is 64.6 cm³/mol. The highest BCUT2D eigenvalue weighted by Crippen LogP contribution is 2.18. The molecule has 0 atom stereocenters. The van der Waals surface area contributed by atoms with Crippen LogP contribution < -0.4 is 5.32 Å². The maximum Gasteiger partial charge on any atom is 0.133 e. The van der Waals surface area contributed by atoms with Crippen molar-refractivity contribution < 1.29 is 5.11 Å². The Balaban J connectivity index is 2.22. The first-order valence-electron chi connectivity index (χ1n) is 5.18. The van der Waals surface area contributed by atoms with Crippen LogP contribution in [-0.2, 0) is 6.61 Å². The third-order valence-electron chi connectivity index (χ3n) is 2.35. The topological polar surface area (TPSA) is 45.2 Å². The van der Waals surface area contributed by atoms with Crippen molar-refractivity contribution in [2.45, 2.75) is 13.5 Å². The highest BCUT2D eigenvalue weighted by Gasteiger charge is 2.01. The highest BCUT2D eigenvalue weighted by atomic mass is 16.3. The number of nitrogens with one attached hydrogen (secondary N) is 1. The van der Waals surface area contributed by atoms with Crippen molar-refractivity contribution in [3.8, 4) is 0 Å². The Morgan fingerprint density at radius 2 is 2.00 bits per heavy atom. The number of aryl methyl sites for hydroxylation is 1. The van der Waals surface area contributed by atoms with Gasteiger partial charge in [0.25, 0.3) is 0 Å². The Hall–Kier alpha value is -1.87. The number of aliphatic hydroxyl groups is 1. The molecule has 1 aromatic carbocycles. The summed E-state index contributed by atoms with van der Waals surface area (Å²) in [5.41, 5.74) is 2.86. The molecule has 0 spiro atoms. The minimum Gasteiger partial charge on any atom is -0.392 e. The van der Waals surface area contributed by atoms with Gasteiger partial charge in [0.1, 0.15) is 5.82 Å². The summed E-state index contributed by atoms with van der Waals surface area (Å²) in [6.45, 7) is 2.00. The lowest BCUT2D eigenvalue weighted by atomic mass is 10.2. The fraction of sp³-hybridized carbons (Fsp3) is 0.154. The second kappa shape index (κ2) is 4.77. The summed E-state index contributed by atoms with van der Waals surface area (Å²) in [6, 6.07) is 11.8. The third-order valence-corrected chi connectivity index (χ3v) is 2.35. The molecule has 2 aromatic rings. The van der Waals surface area contributed by atoms with Crippen LogP contribution in [0.4, 0.5) is 11.5 Å². The van der Waals surface area contributed by atoms with Gasteiger partial charge in [-0.25, -0.2) is 4.98 Å². The molecule has 0 aliphatic heterocycles. The van der Waals surface area contributed by atoms with Crippen molar-refractivity contribution in [2.75, 3.05) is 5.32 Å². The van der Waals surface area contributed by atoms with Crippen LogP contribution in [-0.4, -0.2) is 10.1 Å². The number of aromatic nitrogens is 1. The molecule has 1 aromatic heterocycles. The maximum atomic E-state index is 8.98. The fourth-order valence-corrected chi connectivity index (χ4v) is 1.51. The quantitative estimate of drug-likeness (QED) is 0.825. The van der Waals surface area contributed by atoms with Crippen molar-refractivity contribution in [1.29, 1.82) is 0 Å². The van der Waals surface area contributed by atoms with Gasteiger partial charge in [-0.1, -0.05) is 18.2 Å². The van der Waals surface area contributed by atoms with Gasteiger partial charge in [0, 0.05) is 11.9 Å². The second-order valence-corrected chi connectivity index (χ2v) is 3.66. The lowest BCUT2D eigenvalue weighted by molar-refractivity contribution is 0.281. The van der Waals surface area contributed by atoms with Gasteiger partial charge in [0.05, 0.1) is 6.61 Å². The molecule has 0 bridgehead atoms. The number of nitrogens with zero attached hydrogens (tertiary/aromatic N) is 1. The van der Waals surface area contributed by atoms with E-state index in [1.54, 1.807) is 6.20 Å². The Labute approximate surface area is 94.8 Å². The van der Waals surface area contributed by atoms with E-state index in [4.69, 9.17) is 5.11 Å². The number of para-hydroxylation sites is 1. The molecule has 0 fully saturated rings. The molecule has 82 valence electrons. The molecule has 0 aliphatic rings. The van der Waals surface area contributed by atoms with Crippen molar-refractivity contribution in [1.82, 2.24) is 4.98 Å². The van der Waals surface area contributed by atoms with Crippen LogP contribution in [0, 0.1) is 6.92 Å². The van der Waals surface area contributed by atoms with Crippen LogP contribution in [0.5, 0.6) is 0 Å². The van der Waals surface area contributed by atoms with Gasteiger partial charge in [-0.2, -0.15) is 0 Å². The van der Waals surface area contributed by atoms with Crippen LogP contribution >= 0.6 is 0 Å². The van der Waals surface area contributed by atoms with Crippen LogP contribution in [0.1, 0.15) is 11.1 Å².